The van der Waals surface area contributed by atoms with E-state index in [-0.39, 0.29) is 17.9 Å². The molecule has 0 rings (SSSR count). The number of carbonyl (C=O) groups is 2. The Bertz CT molecular complexity index is 240. The highest BCUT2D eigenvalue weighted by Crippen LogP contribution is 1.98. The fraction of sp³-hybridized carbons (Fsp3) is 0.833. The molecule has 0 saturated heterocycles. The van der Waals surface area contributed by atoms with E-state index >= 15 is 0 Å². The smallest absolute Gasteiger partial charge is 0.234 e. The lowest BCUT2D eigenvalue weighted by molar-refractivity contribution is -0.130. The van der Waals surface area contributed by atoms with E-state index in [1.54, 1.807) is 0 Å². The summed E-state index contributed by atoms with van der Waals surface area (Å²) in [6, 6.07) is -0.279. The van der Waals surface area contributed by atoms with Crippen LogP contribution in [0.25, 0.3) is 0 Å². The molecule has 0 radical (unpaired) electrons. The lowest BCUT2D eigenvalue weighted by Gasteiger charge is -2.19. The summed E-state index contributed by atoms with van der Waals surface area (Å²) in [4.78, 5) is 24.4. The molecule has 0 aromatic carbocycles. The molecule has 0 aliphatic rings. The molecule has 0 aliphatic carbocycles. The van der Waals surface area contributed by atoms with Gasteiger partial charge in [0.25, 0.3) is 0 Å². The van der Waals surface area contributed by atoms with Crippen molar-refractivity contribution >= 4 is 11.8 Å². The first-order valence-electron chi connectivity index (χ1n) is 6.37. The first-order chi connectivity index (χ1) is 8.06. The van der Waals surface area contributed by atoms with Gasteiger partial charge in [-0.05, 0) is 33.2 Å². The Morgan fingerprint density at radius 3 is 2.24 bits per heavy atom. The van der Waals surface area contributed by atoms with Crippen LogP contribution in [0, 0.1) is 0 Å². The predicted molar refractivity (Wildman–Crippen MR) is 68.4 cm³/mol. The molecule has 5 heteroatoms. The molecule has 100 valence electrons. The van der Waals surface area contributed by atoms with Crippen molar-refractivity contribution in [2.24, 2.45) is 5.73 Å². The molecule has 0 unspecified atom stereocenters. The summed E-state index contributed by atoms with van der Waals surface area (Å²) in [6.45, 7) is 8.00. The van der Waals surface area contributed by atoms with Crippen molar-refractivity contribution in [1.82, 2.24) is 10.2 Å². The van der Waals surface area contributed by atoms with Crippen molar-refractivity contribution in [3.63, 3.8) is 0 Å². The van der Waals surface area contributed by atoms with Crippen LogP contribution in [-0.4, -0.2) is 42.4 Å². The van der Waals surface area contributed by atoms with Crippen LogP contribution in [0.1, 0.15) is 40.0 Å². The van der Waals surface area contributed by atoms with E-state index in [0.29, 0.717) is 19.4 Å². The standard InChI is InChI=1S/C12H25N3O2/c1-4-10(12(13)17)14-9-7-8-11(16)15(5-2)6-3/h10,14H,4-9H2,1-3H3,(H2,13,17)/t10-/m0/s1. The Hall–Kier alpha value is -1.10. The Balaban J connectivity index is 3.77. The number of rotatable bonds is 9. The minimum Gasteiger partial charge on any atom is -0.368 e. The van der Waals surface area contributed by atoms with Crippen LogP contribution in [0.2, 0.25) is 0 Å². The van der Waals surface area contributed by atoms with Gasteiger partial charge in [0.15, 0.2) is 0 Å². The molecule has 0 spiro atoms. The molecular weight excluding hydrogens is 218 g/mol. The molecule has 0 aromatic rings. The van der Waals surface area contributed by atoms with E-state index in [9.17, 15) is 9.59 Å². The second-order valence-corrected chi connectivity index (χ2v) is 3.99. The zero-order chi connectivity index (χ0) is 13.3. The quantitative estimate of drug-likeness (QED) is 0.579. The molecule has 0 saturated carbocycles. The van der Waals surface area contributed by atoms with Crippen molar-refractivity contribution in [3.8, 4) is 0 Å². The van der Waals surface area contributed by atoms with Gasteiger partial charge < -0.3 is 16.0 Å². The summed E-state index contributed by atoms with van der Waals surface area (Å²) < 4.78 is 0. The molecule has 17 heavy (non-hydrogen) atoms. The maximum atomic E-state index is 11.7. The third-order valence-corrected chi connectivity index (χ3v) is 2.83. The Morgan fingerprint density at radius 2 is 1.82 bits per heavy atom. The average molecular weight is 243 g/mol. The molecule has 0 aromatic heterocycles. The molecule has 5 nitrogen and oxygen atoms in total. The van der Waals surface area contributed by atoms with Crippen LogP contribution in [0.4, 0.5) is 0 Å². The summed E-state index contributed by atoms with van der Waals surface area (Å²) in [7, 11) is 0. The van der Waals surface area contributed by atoms with Gasteiger partial charge in [-0.25, -0.2) is 0 Å². The number of nitrogens with two attached hydrogens (primary N) is 1. The lowest BCUT2D eigenvalue weighted by atomic mass is 10.2. The average Bonchev–Trinajstić information content (AvgIpc) is 2.30. The maximum absolute atomic E-state index is 11.7. The van der Waals surface area contributed by atoms with E-state index < -0.39 is 0 Å². The monoisotopic (exact) mass is 243 g/mol. The first kappa shape index (κ1) is 15.9. The molecule has 3 N–H and O–H groups in total. The number of primary amides is 1. The third kappa shape index (κ3) is 6.26. The second-order valence-electron chi connectivity index (χ2n) is 3.99. The molecule has 2 amide bonds. The molecule has 0 bridgehead atoms. The van der Waals surface area contributed by atoms with Gasteiger partial charge in [0.2, 0.25) is 11.8 Å². The second kappa shape index (κ2) is 8.98. The molecule has 1 atom stereocenters. The van der Waals surface area contributed by atoms with Crippen LogP contribution in [0.5, 0.6) is 0 Å². The van der Waals surface area contributed by atoms with Crippen molar-refractivity contribution < 1.29 is 9.59 Å². The van der Waals surface area contributed by atoms with Gasteiger partial charge in [0.1, 0.15) is 0 Å². The zero-order valence-corrected chi connectivity index (χ0v) is 11.2. The van der Waals surface area contributed by atoms with Gasteiger partial charge in [-0.15, -0.1) is 0 Å². The number of nitrogens with one attached hydrogen (secondary N) is 1. The summed E-state index contributed by atoms with van der Waals surface area (Å²) >= 11 is 0. The number of carbonyl (C=O) groups excluding carboxylic acids is 2. The van der Waals surface area contributed by atoms with Crippen LogP contribution in [0.3, 0.4) is 0 Å². The number of hydrogen-bond donors (Lipinski definition) is 2. The van der Waals surface area contributed by atoms with Crippen LogP contribution >= 0.6 is 0 Å². The van der Waals surface area contributed by atoms with Gasteiger partial charge in [-0.2, -0.15) is 0 Å². The SMILES string of the molecule is CC[C@H](NCCCC(=O)N(CC)CC)C(N)=O. The van der Waals surface area contributed by atoms with Crippen LogP contribution in [-0.2, 0) is 9.59 Å². The highest BCUT2D eigenvalue weighted by molar-refractivity contribution is 5.79. The number of hydrogen-bond acceptors (Lipinski definition) is 3. The van der Waals surface area contributed by atoms with E-state index in [2.05, 4.69) is 5.32 Å². The summed E-state index contributed by atoms with van der Waals surface area (Å²) in [5.41, 5.74) is 5.20. The number of nitrogens with zero attached hydrogens (tertiary/aromatic N) is 1. The van der Waals surface area contributed by atoms with E-state index in [1.807, 2.05) is 25.7 Å². The molecule has 0 heterocycles. The summed E-state index contributed by atoms with van der Waals surface area (Å²) in [5, 5.41) is 3.05. The largest absolute Gasteiger partial charge is 0.368 e. The molecule has 0 fully saturated rings. The van der Waals surface area contributed by atoms with Crippen molar-refractivity contribution in [3.05, 3.63) is 0 Å². The van der Waals surface area contributed by atoms with Crippen molar-refractivity contribution in [2.45, 2.75) is 46.1 Å². The lowest BCUT2D eigenvalue weighted by Crippen LogP contribution is -2.41. The van der Waals surface area contributed by atoms with Crippen LogP contribution in [0.15, 0.2) is 0 Å². The van der Waals surface area contributed by atoms with Gasteiger partial charge >= 0.3 is 0 Å². The van der Waals surface area contributed by atoms with Gasteiger partial charge in [-0.1, -0.05) is 6.92 Å². The fourth-order valence-electron chi connectivity index (χ4n) is 1.70. The van der Waals surface area contributed by atoms with Crippen LogP contribution < -0.4 is 11.1 Å². The van der Waals surface area contributed by atoms with E-state index in [0.717, 1.165) is 19.5 Å². The summed E-state index contributed by atoms with van der Waals surface area (Å²) in [6.07, 6.45) is 1.93. The fourth-order valence-corrected chi connectivity index (χ4v) is 1.70. The van der Waals surface area contributed by atoms with E-state index in [1.165, 1.54) is 0 Å². The van der Waals surface area contributed by atoms with Crippen molar-refractivity contribution in [1.29, 1.82) is 0 Å². The van der Waals surface area contributed by atoms with E-state index in [4.69, 9.17) is 5.73 Å². The normalized spacial score (nSPS) is 12.2. The minimum absolute atomic E-state index is 0.170. The maximum Gasteiger partial charge on any atom is 0.234 e. The van der Waals surface area contributed by atoms with Crippen molar-refractivity contribution in [2.75, 3.05) is 19.6 Å². The highest BCUT2D eigenvalue weighted by Gasteiger charge is 2.12. The van der Waals surface area contributed by atoms with Gasteiger partial charge in [0.05, 0.1) is 6.04 Å². The Morgan fingerprint density at radius 1 is 1.24 bits per heavy atom. The van der Waals surface area contributed by atoms with Gasteiger partial charge in [0, 0.05) is 19.5 Å². The number of amides is 2. The van der Waals surface area contributed by atoms with Gasteiger partial charge in [-0.3, -0.25) is 9.59 Å². The zero-order valence-electron chi connectivity index (χ0n) is 11.2. The third-order valence-electron chi connectivity index (χ3n) is 2.83. The minimum atomic E-state index is -0.331. The molecular formula is C12H25N3O2. The predicted octanol–water partition coefficient (Wildman–Crippen LogP) is 0.489. The Labute approximate surface area is 104 Å². The first-order valence-corrected chi connectivity index (χ1v) is 6.37. The highest BCUT2D eigenvalue weighted by atomic mass is 16.2. The molecule has 0 aliphatic heterocycles. The topological polar surface area (TPSA) is 75.4 Å². The summed E-state index contributed by atoms with van der Waals surface area (Å²) in [5.74, 6) is -0.161. The Kier molecular flexibility index (Phi) is 8.40.